The average Bonchev–Trinajstić information content (AvgIpc) is 2.90. The molecule has 0 saturated carbocycles. The van der Waals surface area contributed by atoms with E-state index in [1.54, 1.807) is 16.8 Å². The van der Waals surface area contributed by atoms with E-state index in [1.807, 2.05) is 42.4 Å². The summed E-state index contributed by atoms with van der Waals surface area (Å²) in [6.45, 7) is 0.640. The largest absolute Gasteiger partial charge is 0.399 e. The Labute approximate surface area is 121 Å². The molecule has 20 heavy (non-hydrogen) atoms. The summed E-state index contributed by atoms with van der Waals surface area (Å²) in [6, 6.07) is 9.28. The molecule has 0 saturated heterocycles. The van der Waals surface area contributed by atoms with Gasteiger partial charge in [0.05, 0.1) is 6.20 Å². The Morgan fingerprint density at radius 1 is 1.30 bits per heavy atom. The standard InChI is InChI=1S/C14H14ClN5/c1-19(9-10-8-11(16)2-3-12(10)15)13-5-7-20-14(18-13)4-6-17-20/h2-8H,9,16H2,1H3. The van der Waals surface area contributed by atoms with E-state index in [4.69, 9.17) is 17.3 Å². The Bertz CT molecular complexity index is 752. The molecule has 0 atom stereocenters. The maximum atomic E-state index is 6.19. The van der Waals surface area contributed by atoms with Gasteiger partial charge >= 0.3 is 0 Å². The zero-order chi connectivity index (χ0) is 14.1. The second kappa shape index (κ2) is 5.02. The molecule has 0 aliphatic heterocycles. The van der Waals surface area contributed by atoms with Gasteiger partial charge in [-0.05, 0) is 29.8 Å². The predicted molar refractivity (Wildman–Crippen MR) is 81.0 cm³/mol. The topological polar surface area (TPSA) is 59.5 Å². The van der Waals surface area contributed by atoms with E-state index in [0.717, 1.165) is 17.0 Å². The second-order valence-corrected chi connectivity index (χ2v) is 5.03. The van der Waals surface area contributed by atoms with Crippen LogP contribution in [0.2, 0.25) is 5.02 Å². The highest BCUT2D eigenvalue weighted by molar-refractivity contribution is 6.31. The maximum Gasteiger partial charge on any atom is 0.157 e. The zero-order valence-electron chi connectivity index (χ0n) is 11.0. The summed E-state index contributed by atoms with van der Waals surface area (Å²) in [7, 11) is 1.97. The van der Waals surface area contributed by atoms with Crippen molar-refractivity contribution < 1.29 is 0 Å². The molecule has 2 N–H and O–H groups in total. The third-order valence-electron chi connectivity index (χ3n) is 3.11. The molecule has 0 radical (unpaired) electrons. The van der Waals surface area contributed by atoms with E-state index in [2.05, 4.69) is 10.1 Å². The number of nitrogen functional groups attached to an aromatic ring is 1. The predicted octanol–water partition coefficient (Wildman–Crippen LogP) is 2.60. The number of rotatable bonds is 3. The highest BCUT2D eigenvalue weighted by Gasteiger charge is 2.08. The van der Waals surface area contributed by atoms with Gasteiger partial charge in [-0.1, -0.05) is 11.6 Å². The third-order valence-corrected chi connectivity index (χ3v) is 3.48. The minimum absolute atomic E-state index is 0.640. The first kappa shape index (κ1) is 12.7. The van der Waals surface area contributed by atoms with Crippen molar-refractivity contribution in [1.82, 2.24) is 14.6 Å². The quantitative estimate of drug-likeness (QED) is 0.752. The van der Waals surface area contributed by atoms with Crippen molar-refractivity contribution in [2.75, 3.05) is 17.7 Å². The fourth-order valence-electron chi connectivity index (χ4n) is 2.07. The Morgan fingerprint density at radius 3 is 3.00 bits per heavy atom. The van der Waals surface area contributed by atoms with Crippen LogP contribution in [0.5, 0.6) is 0 Å². The summed E-state index contributed by atoms with van der Waals surface area (Å²) in [4.78, 5) is 6.56. The average molecular weight is 288 g/mol. The molecule has 3 rings (SSSR count). The van der Waals surface area contributed by atoms with Gasteiger partial charge in [-0.2, -0.15) is 5.10 Å². The molecular formula is C14H14ClN5. The normalized spacial score (nSPS) is 10.9. The molecule has 0 aliphatic rings. The van der Waals surface area contributed by atoms with Crippen molar-refractivity contribution in [3.8, 4) is 0 Å². The molecule has 3 aromatic rings. The first-order valence-electron chi connectivity index (χ1n) is 6.19. The van der Waals surface area contributed by atoms with Gasteiger partial charge in [0.1, 0.15) is 5.82 Å². The summed E-state index contributed by atoms with van der Waals surface area (Å²) >= 11 is 6.19. The smallest absolute Gasteiger partial charge is 0.157 e. The number of hydrogen-bond acceptors (Lipinski definition) is 4. The van der Waals surface area contributed by atoms with Crippen LogP contribution in [-0.2, 0) is 6.54 Å². The maximum absolute atomic E-state index is 6.19. The number of hydrogen-bond donors (Lipinski definition) is 1. The van der Waals surface area contributed by atoms with Crippen LogP contribution in [0.4, 0.5) is 11.5 Å². The summed E-state index contributed by atoms with van der Waals surface area (Å²) in [5.74, 6) is 0.858. The highest BCUT2D eigenvalue weighted by atomic mass is 35.5. The van der Waals surface area contributed by atoms with Crippen LogP contribution < -0.4 is 10.6 Å². The van der Waals surface area contributed by atoms with Crippen molar-refractivity contribution in [3.05, 3.63) is 53.3 Å². The zero-order valence-corrected chi connectivity index (χ0v) is 11.7. The summed E-state index contributed by atoms with van der Waals surface area (Å²) < 4.78 is 1.73. The molecule has 0 aliphatic carbocycles. The van der Waals surface area contributed by atoms with Gasteiger partial charge in [-0.3, -0.25) is 0 Å². The van der Waals surface area contributed by atoms with Crippen LogP contribution in [-0.4, -0.2) is 21.6 Å². The molecule has 102 valence electrons. The van der Waals surface area contributed by atoms with Crippen molar-refractivity contribution in [2.45, 2.75) is 6.54 Å². The fourth-order valence-corrected chi connectivity index (χ4v) is 2.24. The van der Waals surface area contributed by atoms with Crippen molar-refractivity contribution in [2.24, 2.45) is 0 Å². The lowest BCUT2D eigenvalue weighted by Crippen LogP contribution is -2.18. The lowest BCUT2D eigenvalue weighted by atomic mass is 10.2. The van der Waals surface area contributed by atoms with Gasteiger partial charge in [0.25, 0.3) is 0 Å². The number of aromatic nitrogens is 3. The van der Waals surface area contributed by atoms with E-state index in [-0.39, 0.29) is 0 Å². The number of halogens is 1. The second-order valence-electron chi connectivity index (χ2n) is 4.63. The Morgan fingerprint density at radius 2 is 2.15 bits per heavy atom. The van der Waals surface area contributed by atoms with Crippen molar-refractivity contribution >= 4 is 28.8 Å². The fraction of sp³-hybridized carbons (Fsp3) is 0.143. The van der Waals surface area contributed by atoms with Gasteiger partial charge < -0.3 is 10.6 Å². The van der Waals surface area contributed by atoms with Crippen LogP contribution in [0.15, 0.2) is 42.7 Å². The van der Waals surface area contributed by atoms with E-state index in [1.165, 1.54) is 0 Å². The molecule has 0 bridgehead atoms. The third kappa shape index (κ3) is 2.40. The van der Waals surface area contributed by atoms with Gasteiger partial charge in [0, 0.05) is 36.6 Å². The molecule has 0 spiro atoms. The molecule has 0 amide bonds. The van der Waals surface area contributed by atoms with E-state index in [9.17, 15) is 0 Å². The number of fused-ring (bicyclic) bond motifs is 1. The lowest BCUT2D eigenvalue weighted by Gasteiger charge is -2.19. The molecule has 2 heterocycles. The van der Waals surface area contributed by atoms with Crippen LogP contribution in [0.3, 0.4) is 0 Å². The SMILES string of the molecule is CN(Cc1cc(N)ccc1Cl)c1ccn2nccc2n1. The first-order chi connectivity index (χ1) is 9.63. The van der Waals surface area contributed by atoms with E-state index in [0.29, 0.717) is 17.3 Å². The number of nitrogens with zero attached hydrogens (tertiary/aromatic N) is 4. The monoisotopic (exact) mass is 287 g/mol. The van der Waals surface area contributed by atoms with E-state index >= 15 is 0 Å². The highest BCUT2D eigenvalue weighted by Crippen LogP contribution is 2.22. The Hall–Kier alpha value is -2.27. The number of benzene rings is 1. The Balaban J connectivity index is 1.88. The minimum Gasteiger partial charge on any atom is -0.399 e. The van der Waals surface area contributed by atoms with Gasteiger partial charge in [-0.15, -0.1) is 0 Å². The molecule has 0 unspecified atom stereocenters. The van der Waals surface area contributed by atoms with Gasteiger partial charge in [-0.25, -0.2) is 9.50 Å². The Kier molecular flexibility index (Phi) is 3.20. The molecule has 5 nitrogen and oxygen atoms in total. The molecule has 6 heteroatoms. The summed E-state index contributed by atoms with van der Waals surface area (Å²) in [5.41, 5.74) is 8.29. The van der Waals surface area contributed by atoms with Crippen LogP contribution >= 0.6 is 11.6 Å². The van der Waals surface area contributed by atoms with Crippen LogP contribution in [0.1, 0.15) is 5.56 Å². The molecule has 0 fully saturated rings. The lowest BCUT2D eigenvalue weighted by molar-refractivity contribution is 0.877. The first-order valence-corrected chi connectivity index (χ1v) is 6.57. The van der Waals surface area contributed by atoms with E-state index < -0.39 is 0 Å². The van der Waals surface area contributed by atoms with Gasteiger partial charge in [0.2, 0.25) is 0 Å². The van der Waals surface area contributed by atoms with Crippen LogP contribution in [0.25, 0.3) is 5.65 Å². The van der Waals surface area contributed by atoms with Crippen molar-refractivity contribution in [1.29, 1.82) is 0 Å². The van der Waals surface area contributed by atoms with Crippen molar-refractivity contribution in [3.63, 3.8) is 0 Å². The number of anilines is 2. The van der Waals surface area contributed by atoms with Crippen LogP contribution in [0, 0.1) is 0 Å². The summed E-state index contributed by atoms with van der Waals surface area (Å²) in [5, 5.41) is 4.83. The number of nitrogens with two attached hydrogens (primary N) is 1. The molecule has 1 aromatic carbocycles. The molecule has 2 aromatic heterocycles. The summed E-state index contributed by atoms with van der Waals surface area (Å²) in [6.07, 6.45) is 3.61. The van der Waals surface area contributed by atoms with Gasteiger partial charge in [0.15, 0.2) is 5.65 Å². The molecular weight excluding hydrogens is 274 g/mol. The minimum atomic E-state index is 0.640.